The molecule has 0 unspecified atom stereocenters. The number of aromatic nitrogens is 2. The largest absolute Gasteiger partial charge is 0.336 e. The van der Waals surface area contributed by atoms with Crippen LogP contribution in [0.5, 0.6) is 0 Å². The number of nitrogens with zero attached hydrogens (tertiary/aromatic N) is 2. The van der Waals surface area contributed by atoms with Gasteiger partial charge in [0.1, 0.15) is 5.69 Å². The van der Waals surface area contributed by atoms with Crippen molar-refractivity contribution in [2.45, 2.75) is 13.1 Å². The maximum atomic E-state index is 11.8. The second-order valence-corrected chi connectivity index (χ2v) is 6.56. The van der Waals surface area contributed by atoms with Gasteiger partial charge in [0, 0.05) is 24.3 Å². The van der Waals surface area contributed by atoms with Crippen LogP contribution in [0, 0.1) is 0 Å². The highest BCUT2D eigenvalue weighted by Gasteiger charge is 2.04. The Morgan fingerprint density at radius 1 is 1.17 bits per heavy atom. The molecule has 0 aliphatic carbocycles. The molecule has 2 N–H and O–H groups in total. The van der Waals surface area contributed by atoms with E-state index >= 15 is 0 Å². The number of hydrogen-bond donors (Lipinski definition) is 2. The first-order valence-electron chi connectivity index (χ1n) is 7.54. The van der Waals surface area contributed by atoms with Crippen molar-refractivity contribution in [1.29, 1.82) is 0 Å². The van der Waals surface area contributed by atoms with Crippen LogP contribution in [0.1, 0.15) is 5.56 Å². The zero-order valence-corrected chi connectivity index (χ0v) is 14.5. The van der Waals surface area contributed by atoms with Gasteiger partial charge in [-0.3, -0.25) is 4.68 Å². The SMILES string of the molecule is O=C(NCCn1ccc(-c2cccs2)n1)NCc1ccc(Cl)cc1. The average Bonchev–Trinajstić information content (AvgIpc) is 3.25. The molecule has 0 atom stereocenters. The monoisotopic (exact) mass is 360 g/mol. The van der Waals surface area contributed by atoms with Gasteiger partial charge in [-0.2, -0.15) is 5.10 Å². The van der Waals surface area contributed by atoms with E-state index in [0.717, 1.165) is 16.1 Å². The van der Waals surface area contributed by atoms with Crippen molar-refractivity contribution in [1.82, 2.24) is 20.4 Å². The lowest BCUT2D eigenvalue weighted by molar-refractivity contribution is 0.240. The van der Waals surface area contributed by atoms with E-state index in [1.54, 1.807) is 23.5 Å². The fraction of sp³-hybridized carbons (Fsp3) is 0.176. The van der Waals surface area contributed by atoms with E-state index < -0.39 is 0 Å². The van der Waals surface area contributed by atoms with Crippen molar-refractivity contribution in [3.05, 3.63) is 64.6 Å². The molecule has 124 valence electrons. The van der Waals surface area contributed by atoms with Crippen molar-refractivity contribution in [3.63, 3.8) is 0 Å². The minimum Gasteiger partial charge on any atom is -0.336 e. The van der Waals surface area contributed by atoms with Gasteiger partial charge in [-0.05, 0) is 35.2 Å². The van der Waals surface area contributed by atoms with Gasteiger partial charge >= 0.3 is 6.03 Å². The van der Waals surface area contributed by atoms with Crippen LogP contribution in [-0.4, -0.2) is 22.4 Å². The summed E-state index contributed by atoms with van der Waals surface area (Å²) in [5, 5.41) is 12.8. The molecule has 7 heteroatoms. The van der Waals surface area contributed by atoms with Crippen LogP contribution in [0.15, 0.2) is 54.0 Å². The van der Waals surface area contributed by atoms with Gasteiger partial charge in [0.25, 0.3) is 0 Å². The predicted molar refractivity (Wildman–Crippen MR) is 97.2 cm³/mol. The number of amides is 2. The lowest BCUT2D eigenvalue weighted by atomic mass is 10.2. The first-order valence-corrected chi connectivity index (χ1v) is 8.80. The molecule has 2 aromatic heterocycles. The zero-order chi connectivity index (χ0) is 16.8. The van der Waals surface area contributed by atoms with Crippen LogP contribution >= 0.6 is 22.9 Å². The average molecular weight is 361 g/mol. The molecule has 1 aromatic carbocycles. The van der Waals surface area contributed by atoms with Crippen molar-refractivity contribution in [2.24, 2.45) is 0 Å². The highest BCUT2D eigenvalue weighted by molar-refractivity contribution is 7.13. The number of rotatable bonds is 6. The van der Waals surface area contributed by atoms with Gasteiger partial charge in [-0.15, -0.1) is 11.3 Å². The molecular formula is C17H17ClN4OS. The molecule has 2 heterocycles. The molecule has 0 fully saturated rings. The van der Waals surface area contributed by atoms with E-state index in [0.29, 0.717) is 24.7 Å². The Morgan fingerprint density at radius 3 is 2.75 bits per heavy atom. The van der Waals surface area contributed by atoms with Crippen LogP contribution in [0.25, 0.3) is 10.6 Å². The van der Waals surface area contributed by atoms with Crippen molar-refractivity contribution < 1.29 is 4.79 Å². The molecule has 0 saturated carbocycles. The van der Waals surface area contributed by atoms with E-state index in [1.807, 2.05) is 46.6 Å². The van der Waals surface area contributed by atoms with Crippen molar-refractivity contribution >= 4 is 29.0 Å². The van der Waals surface area contributed by atoms with Gasteiger partial charge in [0.2, 0.25) is 0 Å². The summed E-state index contributed by atoms with van der Waals surface area (Å²) in [5.74, 6) is 0. The van der Waals surface area contributed by atoms with Crippen LogP contribution in [-0.2, 0) is 13.1 Å². The first-order chi connectivity index (χ1) is 11.7. The highest BCUT2D eigenvalue weighted by Crippen LogP contribution is 2.22. The highest BCUT2D eigenvalue weighted by atomic mass is 35.5. The molecule has 0 aliphatic rings. The molecule has 0 radical (unpaired) electrons. The van der Waals surface area contributed by atoms with E-state index in [-0.39, 0.29) is 6.03 Å². The molecule has 3 aromatic rings. The molecule has 24 heavy (non-hydrogen) atoms. The third-order valence-corrected chi connectivity index (χ3v) is 4.55. The van der Waals surface area contributed by atoms with E-state index in [4.69, 9.17) is 11.6 Å². The summed E-state index contributed by atoms with van der Waals surface area (Å²) in [6.45, 7) is 1.60. The maximum Gasteiger partial charge on any atom is 0.315 e. The number of carbonyl (C=O) groups excluding carboxylic acids is 1. The first kappa shape index (κ1) is 16.5. The fourth-order valence-electron chi connectivity index (χ4n) is 2.17. The molecule has 0 saturated heterocycles. The number of hydrogen-bond acceptors (Lipinski definition) is 3. The second kappa shape index (κ2) is 7.99. The number of benzene rings is 1. The second-order valence-electron chi connectivity index (χ2n) is 5.18. The predicted octanol–water partition coefficient (Wildman–Crippen LogP) is 3.76. The lowest BCUT2D eigenvalue weighted by Crippen LogP contribution is -2.36. The van der Waals surface area contributed by atoms with Gasteiger partial charge in [0.15, 0.2) is 0 Å². The van der Waals surface area contributed by atoms with E-state index in [2.05, 4.69) is 15.7 Å². The summed E-state index contributed by atoms with van der Waals surface area (Å²) in [6, 6.07) is 13.2. The number of nitrogens with one attached hydrogen (secondary N) is 2. The maximum absolute atomic E-state index is 11.8. The summed E-state index contributed by atoms with van der Waals surface area (Å²) in [7, 11) is 0. The molecule has 0 spiro atoms. The Morgan fingerprint density at radius 2 is 2.00 bits per heavy atom. The summed E-state index contributed by atoms with van der Waals surface area (Å²) in [6.07, 6.45) is 1.92. The van der Waals surface area contributed by atoms with Gasteiger partial charge in [0.05, 0.1) is 11.4 Å². The summed E-state index contributed by atoms with van der Waals surface area (Å²) in [5.41, 5.74) is 1.96. The third-order valence-electron chi connectivity index (χ3n) is 3.41. The third kappa shape index (κ3) is 4.59. The number of halogens is 1. The van der Waals surface area contributed by atoms with Crippen molar-refractivity contribution in [3.8, 4) is 10.6 Å². The van der Waals surface area contributed by atoms with Gasteiger partial charge in [-0.1, -0.05) is 29.8 Å². The molecule has 2 amide bonds. The Hall–Kier alpha value is -2.31. The van der Waals surface area contributed by atoms with Crippen LogP contribution in [0.2, 0.25) is 5.02 Å². The Bertz CT molecular complexity index is 783. The molecule has 0 aliphatic heterocycles. The molecule has 0 bridgehead atoms. The van der Waals surface area contributed by atoms with E-state index in [1.165, 1.54) is 0 Å². The van der Waals surface area contributed by atoms with Crippen LogP contribution < -0.4 is 10.6 Å². The van der Waals surface area contributed by atoms with Crippen molar-refractivity contribution in [2.75, 3.05) is 6.54 Å². The number of carbonyl (C=O) groups is 1. The van der Waals surface area contributed by atoms with E-state index in [9.17, 15) is 4.79 Å². The fourth-order valence-corrected chi connectivity index (χ4v) is 2.99. The lowest BCUT2D eigenvalue weighted by Gasteiger charge is -2.08. The van der Waals surface area contributed by atoms with Gasteiger partial charge in [-0.25, -0.2) is 4.79 Å². The Labute approximate surface area is 149 Å². The topological polar surface area (TPSA) is 59.0 Å². The molecule has 3 rings (SSSR count). The minimum absolute atomic E-state index is 0.199. The molecular weight excluding hydrogens is 344 g/mol. The normalized spacial score (nSPS) is 10.5. The smallest absolute Gasteiger partial charge is 0.315 e. The van der Waals surface area contributed by atoms with Crippen LogP contribution in [0.3, 0.4) is 0 Å². The van der Waals surface area contributed by atoms with Crippen LogP contribution in [0.4, 0.5) is 4.79 Å². The quantitative estimate of drug-likeness (QED) is 0.703. The Balaban J connectivity index is 1.40. The van der Waals surface area contributed by atoms with Gasteiger partial charge < -0.3 is 10.6 Å². The summed E-state index contributed by atoms with van der Waals surface area (Å²) >= 11 is 7.49. The molecule has 5 nitrogen and oxygen atoms in total. The Kier molecular flexibility index (Phi) is 5.51. The summed E-state index contributed by atoms with van der Waals surface area (Å²) in [4.78, 5) is 12.9. The standard InChI is InChI=1S/C17H17ClN4OS/c18-14-5-3-13(4-6-14)12-20-17(23)19-8-10-22-9-7-15(21-22)16-2-1-11-24-16/h1-7,9,11H,8,10,12H2,(H2,19,20,23). The number of thiophene rings is 1. The minimum atomic E-state index is -0.199. The zero-order valence-electron chi connectivity index (χ0n) is 12.9. The summed E-state index contributed by atoms with van der Waals surface area (Å²) < 4.78 is 1.83. The number of urea groups is 1.